The predicted molar refractivity (Wildman–Crippen MR) is 54.9 cm³/mol. The van der Waals surface area contributed by atoms with Gasteiger partial charge in [-0.15, -0.1) is 0 Å². The Balaban J connectivity index is 2.88. The monoisotopic (exact) mass is 240 g/mol. The molecular formula is C10H19F3N2O. The Morgan fingerprint density at radius 2 is 2.00 bits per heavy atom. The Morgan fingerprint density at radius 1 is 1.44 bits per heavy atom. The van der Waals surface area contributed by atoms with Gasteiger partial charge in [0.2, 0.25) is 0 Å². The molecule has 0 radical (unpaired) electrons. The number of likely N-dealkylation sites (N-methyl/N-ethyl adjacent to an activating group) is 1. The third-order valence-corrected chi connectivity index (χ3v) is 3.47. The van der Waals surface area contributed by atoms with E-state index in [0.717, 1.165) is 4.90 Å². The van der Waals surface area contributed by atoms with Crippen molar-refractivity contribution in [2.45, 2.75) is 38.3 Å². The first-order chi connectivity index (χ1) is 7.29. The second kappa shape index (κ2) is 4.50. The van der Waals surface area contributed by atoms with Crippen LogP contribution >= 0.6 is 0 Å². The molecule has 0 saturated carbocycles. The standard InChI is InChI=1S/C10H19F3N2O/c1-5-9(2)7-15(8(11)6-16-4)10(12,13)14(9)3/h8H,5-7H2,1-4H3. The third kappa shape index (κ3) is 2.06. The van der Waals surface area contributed by atoms with Crippen LogP contribution in [-0.4, -0.2) is 55.1 Å². The Kier molecular flexibility index (Phi) is 3.87. The van der Waals surface area contributed by atoms with Crippen molar-refractivity contribution < 1.29 is 17.9 Å². The van der Waals surface area contributed by atoms with Gasteiger partial charge in [-0.1, -0.05) is 6.92 Å². The number of alkyl halides is 3. The van der Waals surface area contributed by atoms with Crippen molar-refractivity contribution in [3.63, 3.8) is 0 Å². The van der Waals surface area contributed by atoms with Gasteiger partial charge in [0.15, 0.2) is 6.30 Å². The van der Waals surface area contributed by atoms with Crippen LogP contribution in [0.15, 0.2) is 0 Å². The van der Waals surface area contributed by atoms with E-state index >= 15 is 0 Å². The molecule has 1 fully saturated rings. The minimum Gasteiger partial charge on any atom is -0.380 e. The van der Waals surface area contributed by atoms with E-state index in [9.17, 15) is 13.2 Å². The summed E-state index contributed by atoms with van der Waals surface area (Å²) in [6, 6.07) is 0. The van der Waals surface area contributed by atoms with Gasteiger partial charge < -0.3 is 4.74 Å². The summed E-state index contributed by atoms with van der Waals surface area (Å²) in [6.45, 7) is 3.18. The van der Waals surface area contributed by atoms with Gasteiger partial charge in [0.05, 0.1) is 6.61 Å². The number of ether oxygens (including phenoxy) is 1. The lowest BCUT2D eigenvalue weighted by Gasteiger charge is -2.32. The number of hydrogen-bond acceptors (Lipinski definition) is 3. The molecule has 96 valence electrons. The Bertz CT molecular complexity index is 252. The quantitative estimate of drug-likeness (QED) is 0.698. The van der Waals surface area contributed by atoms with Crippen LogP contribution in [0.25, 0.3) is 0 Å². The summed E-state index contributed by atoms with van der Waals surface area (Å²) >= 11 is 0. The lowest BCUT2D eigenvalue weighted by Crippen LogP contribution is -2.50. The summed E-state index contributed by atoms with van der Waals surface area (Å²) < 4.78 is 45.8. The second-order valence-electron chi connectivity index (χ2n) is 4.44. The molecule has 1 heterocycles. The van der Waals surface area contributed by atoms with Gasteiger partial charge in [-0.05, 0) is 20.4 Å². The number of nitrogens with zero attached hydrogens (tertiary/aromatic N) is 2. The van der Waals surface area contributed by atoms with Crippen LogP contribution in [0.4, 0.5) is 13.2 Å². The molecule has 0 aromatic carbocycles. The zero-order valence-corrected chi connectivity index (χ0v) is 10.1. The highest BCUT2D eigenvalue weighted by Gasteiger charge is 2.59. The molecule has 0 bridgehead atoms. The lowest BCUT2D eigenvalue weighted by atomic mass is 9.99. The Labute approximate surface area is 94.1 Å². The van der Waals surface area contributed by atoms with E-state index in [1.807, 2.05) is 6.92 Å². The maximum absolute atomic E-state index is 13.8. The Hall–Kier alpha value is -0.330. The summed E-state index contributed by atoms with van der Waals surface area (Å²) in [4.78, 5) is 1.49. The van der Waals surface area contributed by atoms with Crippen LogP contribution in [0.1, 0.15) is 20.3 Å². The summed E-state index contributed by atoms with van der Waals surface area (Å²) in [5, 5.41) is 0. The first kappa shape index (κ1) is 13.7. The molecule has 1 rings (SSSR count). The van der Waals surface area contributed by atoms with Gasteiger partial charge in [0.1, 0.15) is 0 Å². The fourth-order valence-corrected chi connectivity index (χ4v) is 1.93. The first-order valence-corrected chi connectivity index (χ1v) is 5.31. The van der Waals surface area contributed by atoms with Crippen molar-refractivity contribution in [2.24, 2.45) is 0 Å². The van der Waals surface area contributed by atoms with Crippen molar-refractivity contribution in [1.82, 2.24) is 9.80 Å². The van der Waals surface area contributed by atoms with Crippen LogP contribution < -0.4 is 0 Å². The van der Waals surface area contributed by atoms with E-state index in [-0.39, 0.29) is 13.2 Å². The molecule has 2 unspecified atom stereocenters. The molecule has 6 heteroatoms. The number of hydrogen-bond donors (Lipinski definition) is 0. The van der Waals surface area contributed by atoms with Gasteiger partial charge >= 0.3 is 6.17 Å². The molecule has 0 spiro atoms. The predicted octanol–water partition coefficient (Wildman–Crippen LogP) is 1.89. The van der Waals surface area contributed by atoms with Gasteiger partial charge in [-0.2, -0.15) is 13.7 Å². The fraction of sp³-hybridized carbons (Fsp3) is 1.00. The number of methoxy groups -OCH3 is 1. The maximum Gasteiger partial charge on any atom is 0.372 e. The van der Waals surface area contributed by atoms with Gasteiger partial charge in [-0.3, -0.25) is 0 Å². The average Bonchev–Trinajstić information content (AvgIpc) is 2.41. The molecule has 1 aliphatic rings. The van der Waals surface area contributed by atoms with Crippen molar-refractivity contribution in [2.75, 3.05) is 27.3 Å². The molecule has 0 amide bonds. The summed E-state index contributed by atoms with van der Waals surface area (Å²) in [5.41, 5.74) is -0.707. The molecular weight excluding hydrogens is 221 g/mol. The van der Waals surface area contributed by atoms with E-state index < -0.39 is 18.0 Å². The van der Waals surface area contributed by atoms with Crippen LogP contribution in [0.2, 0.25) is 0 Å². The van der Waals surface area contributed by atoms with E-state index in [1.165, 1.54) is 14.2 Å². The topological polar surface area (TPSA) is 15.7 Å². The molecule has 0 aromatic heterocycles. The Morgan fingerprint density at radius 3 is 2.38 bits per heavy atom. The summed E-state index contributed by atoms with van der Waals surface area (Å²) in [7, 11) is 2.62. The zero-order chi connectivity index (χ0) is 12.6. The van der Waals surface area contributed by atoms with Crippen LogP contribution in [0, 0.1) is 0 Å². The number of rotatable bonds is 4. The highest BCUT2D eigenvalue weighted by atomic mass is 19.3. The lowest BCUT2D eigenvalue weighted by molar-refractivity contribution is -0.242. The number of halogens is 3. The summed E-state index contributed by atoms with van der Waals surface area (Å²) in [6.07, 6.45) is -4.51. The summed E-state index contributed by atoms with van der Waals surface area (Å²) in [5.74, 6) is 0. The minimum absolute atomic E-state index is 0.00245. The zero-order valence-electron chi connectivity index (χ0n) is 10.1. The maximum atomic E-state index is 13.8. The molecule has 1 aliphatic heterocycles. The van der Waals surface area contributed by atoms with Gasteiger partial charge in [0.25, 0.3) is 0 Å². The van der Waals surface area contributed by atoms with E-state index in [2.05, 4.69) is 4.74 Å². The van der Waals surface area contributed by atoms with Crippen molar-refractivity contribution in [3.8, 4) is 0 Å². The fourth-order valence-electron chi connectivity index (χ4n) is 1.93. The van der Waals surface area contributed by atoms with Crippen molar-refractivity contribution in [3.05, 3.63) is 0 Å². The molecule has 16 heavy (non-hydrogen) atoms. The second-order valence-corrected chi connectivity index (χ2v) is 4.44. The van der Waals surface area contributed by atoms with Crippen LogP contribution in [-0.2, 0) is 4.74 Å². The average molecular weight is 240 g/mol. The molecule has 0 N–H and O–H groups in total. The van der Waals surface area contributed by atoms with E-state index in [4.69, 9.17) is 0 Å². The van der Waals surface area contributed by atoms with Crippen molar-refractivity contribution >= 4 is 0 Å². The first-order valence-electron chi connectivity index (χ1n) is 5.31. The van der Waals surface area contributed by atoms with Gasteiger partial charge in [0, 0.05) is 19.2 Å². The molecule has 3 nitrogen and oxygen atoms in total. The minimum atomic E-state index is -3.26. The molecule has 2 atom stereocenters. The third-order valence-electron chi connectivity index (χ3n) is 3.47. The SMILES string of the molecule is CCC1(C)CN(C(F)COC)C(F)(F)N1C. The molecule has 0 aliphatic carbocycles. The molecule has 0 aromatic rings. The van der Waals surface area contributed by atoms with Gasteiger partial charge in [-0.25, -0.2) is 9.29 Å². The largest absolute Gasteiger partial charge is 0.380 e. The molecule has 1 saturated heterocycles. The highest BCUT2D eigenvalue weighted by Crippen LogP contribution is 2.41. The van der Waals surface area contributed by atoms with E-state index in [1.54, 1.807) is 6.92 Å². The highest BCUT2D eigenvalue weighted by molar-refractivity contribution is 4.98. The van der Waals surface area contributed by atoms with E-state index in [0.29, 0.717) is 11.3 Å². The van der Waals surface area contributed by atoms with Crippen LogP contribution in [0.5, 0.6) is 0 Å². The normalized spacial score (nSPS) is 33.2. The van der Waals surface area contributed by atoms with Crippen LogP contribution in [0.3, 0.4) is 0 Å². The smallest absolute Gasteiger partial charge is 0.372 e. The van der Waals surface area contributed by atoms with Crippen molar-refractivity contribution in [1.29, 1.82) is 0 Å².